The van der Waals surface area contributed by atoms with Crippen LogP contribution in [0.15, 0.2) is 36.5 Å². The molecule has 1 aliphatic carbocycles. The molecule has 7 heteroatoms. The zero-order chi connectivity index (χ0) is 16.8. The molecule has 3 aromatic rings. The zero-order valence-corrected chi connectivity index (χ0v) is 13.6. The molecule has 0 saturated heterocycles. The highest BCUT2D eigenvalue weighted by Crippen LogP contribution is 2.30. The fourth-order valence-corrected chi connectivity index (χ4v) is 2.78. The number of imidazole rings is 1. The first-order chi connectivity index (χ1) is 11.5. The van der Waals surface area contributed by atoms with Crippen LogP contribution in [0.2, 0.25) is 5.02 Å². The van der Waals surface area contributed by atoms with Gasteiger partial charge in [0.05, 0.1) is 6.04 Å². The predicted molar refractivity (Wildman–Crippen MR) is 88.9 cm³/mol. The Kier molecular flexibility index (Phi) is 3.49. The van der Waals surface area contributed by atoms with Crippen LogP contribution < -0.4 is 5.32 Å². The highest BCUT2D eigenvalue weighted by atomic mass is 35.5. The summed E-state index contributed by atoms with van der Waals surface area (Å²) in [6, 6.07) is 8.60. The minimum absolute atomic E-state index is 0.215. The monoisotopic (exact) mass is 344 g/mol. The molecule has 24 heavy (non-hydrogen) atoms. The molecule has 0 spiro atoms. The third-order valence-electron chi connectivity index (χ3n) is 4.08. The molecule has 2 unspecified atom stereocenters. The highest BCUT2D eigenvalue weighted by Gasteiger charge is 2.39. The molecule has 1 N–H and O–H groups in total. The number of benzene rings is 1. The van der Waals surface area contributed by atoms with Crippen LogP contribution in [-0.2, 0) is 0 Å². The third-order valence-corrected chi connectivity index (χ3v) is 4.49. The number of amides is 1. The normalized spacial score (nSPS) is 19.5. The Morgan fingerprint density at radius 3 is 2.92 bits per heavy atom. The minimum Gasteiger partial charge on any atom is -0.345 e. The number of rotatable bonds is 3. The maximum Gasteiger partial charge on any atom is 0.272 e. The van der Waals surface area contributed by atoms with Gasteiger partial charge in [0, 0.05) is 23.2 Å². The van der Waals surface area contributed by atoms with Crippen LogP contribution >= 0.6 is 11.6 Å². The second-order valence-corrected chi connectivity index (χ2v) is 6.31. The van der Waals surface area contributed by atoms with E-state index in [1.54, 1.807) is 28.9 Å². The third kappa shape index (κ3) is 2.53. The summed E-state index contributed by atoms with van der Waals surface area (Å²) >= 11 is 6.23. The van der Waals surface area contributed by atoms with Gasteiger partial charge >= 0.3 is 0 Å². The lowest BCUT2D eigenvalue weighted by Crippen LogP contribution is -2.28. The van der Waals surface area contributed by atoms with Gasteiger partial charge in [-0.05, 0) is 30.7 Å². The molecule has 2 aromatic heterocycles. The van der Waals surface area contributed by atoms with Gasteiger partial charge in [-0.25, -0.2) is 13.9 Å². The number of alkyl halides is 1. The molecule has 0 bridgehead atoms. The number of fused-ring (bicyclic) bond motifs is 1. The molecule has 0 aliphatic heterocycles. The average Bonchev–Trinajstić information content (AvgIpc) is 3.11. The molecule has 2 atom stereocenters. The van der Waals surface area contributed by atoms with Crippen molar-refractivity contribution in [1.82, 2.24) is 19.9 Å². The van der Waals surface area contributed by atoms with Gasteiger partial charge < -0.3 is 5.32 Å². The van der Waals surface area contributed by atoms with Crippen molar-refractivity contribution in [2.45, 2.75) is 25.6 Å². The summed E-state index contributed by atoms with van der Waals surface area (Å²) in [5.74, 6) is -0.405. The van der Waals surface area contributed by atoms with Crippen molar-refractivity contribution in [1.29, 1.82) is 0 Å². The molecule has 1 aromatic carbocycles. The number of hydrogen-bond acceptors (Lipinski definition) is 3. The maximum atomic E-state index is 13.1. The Morgan fingerprint density at radius 1 is 1.42 bits per heavy atom. The number of carbonyl (C=O) groups excluding carboxylic acids is 1. The summed E-state index contributed by atoms with van der Waals surface area (Å²) in [7, 11) is 0. The van der Waals surface area contributed by atoms with Crippen molar-refractivity contribution in [3.05, 3.63) is 52.8 Å². The summed E-state index contributed by atoms with van der Waals surface area (Å²) in [5, 5.41) is 7.54. The lowest BCUT2D eigenvalue weighted by molar-refractivity contribution is 0.0944. The second kappa shape index (κ2) is 5.56. The van der Waals surface area contributed by atoms with Gasteiger partial charge in [-0.3, -0.25) is 4.79 Å². The van der Waals surface area contributed by atoms with Gasteiger partial charge in [0.15, 0.2) is 11.3 Å². The van der Waals surface area contributed by atoms with E-state index in [9.17, 15) is 9.18 Å². The summed E-state index contributed by atoms with van der Waals surface area (Å²) in [6.07, 6.45) is 0.998. The summed E-state index contributed by atoms with van der Waals surface area (Å²) in [5.41, 5.74) is 2.97. The predicted octanol–water partition coefficient (Wildman–Crippen LogP) is 3.20. The van der Waals surface area contributed by atoms with E-state index < -0.39 is 18.1 Å². The Labute approximate surface area is 142 Å². The quantitative estimate of drug-likeness (QED) is 0.793. The fraction of sp³-hybridized carbons (Fsp3) is 0.235. The van der Waals surface area contributed by atoms with Crippen molar-refractivity contribution < 1.29 is 9.18 Å². The number of nitrogens with zero attached hydrogens (tertiary/aromatic N) is 3. The first-order valence-corrected chi connectivity index (χ1v) is 7.97. The van der Waals surface area contributed by atoms with E-state index in [2.05, 4.69) is 15.4 Å². The molecule has 1 aliphatic rings. The lowest BCUT2D eigenvalue weighted by Gasteiger charge is -2.07. The number of aromatic nitrogens is 3. The zero-order valence-electron chi connectivity index (χ0n) is 12.8. The number of halogens is 2. The van der Waals surface area contributed by atoms with E-state index in [1.807, 2.05) is 19.1 Å². The van der Waals surface area contributed by atoms with Crippen LogP contribution in [0.4, 0.5) is 4.39 Å². The number of hydrogen-bond donors (Lipinski definition) is 1. The van der Waals surface area contributed by atoms with Crippen LogP contribution in [-0.4, -0.2) is 32.7 Å². The first kappa shape index (κ1) is 15.1. The Morgan fingerprint density at radius 2 is 2.21 bits per heavy atom. The Balaban J connectivity index is 1.86. The molecule has 5 nitrogen and oxygen atoms in total. The van der Waals surface area contributed by atoms with Gasteiger partial charge in [0.25, 0.3) is 5.91 Å². The van der Waals surface area contributed by atoms with Crippen LogP contribution in [0.3, 0.4) is 0 Å². The number of aryl methyl sites for hydroxylation is 1. The summed E-state index contributed by atoms with van der Waals surface area (Å²) < 4.78 is 14.7. The van der Waals surface area contributed by atoms with Crippen molar-refractivity contribution in [3.8, 4) is 11.3 Å². The van der Waals surface area contributed by atoms with Crippen LogP contribution in [0, 0.1) is 6.92 Å². The molecule has 122 valence electrons. The Bertz CT molecular complexity index is 955. The van der Waals surface area contributed by atoms with E-state index in [-0.39, 0.29) is 5.69 Å². The SMILES string of the molecule is Cc1ccc(-c2c(C(=O)NC3CC3F)nc3cccnn23)cc1Cl. The van der Waals surface area contributed by atoms with Gasteiger partial charge in [0.2, 0.25) is 0 Å². The van der Waals surface area contributed by atoms with E-state index in [0.717, 1.165) is 11.1 Å². The molecule has 1 saturated carbocycles. The smallest absolute Gasteiger partial charge is 0.272 e. The topological polar surface area (TPSA) is 59.3 Å². The molecular formula is C17H14ClFN4O. The largest absolute Gasteiger partial charge is 0.345 e. The molecule has 1 fully saturated rings. The van der Waals surface area contributed by atoms with Crippen molar-refractivity contribution in [2.24, 2.45) is 0 Å². The first-order valence-electron chi connectivity index (χ1n) is 7.60. The number of carbonyl (C=O) groups is 1. The van der Waals surface area contributed by atoms with Gasteiger partial charge in [-0.2, -0.15) is 5.10 Å². The molecule has 1 amide bonds. The maximum absolute atomic E-state index is 13.1. The van der Waals surface area contributed by atoms with Gasteiger partial charge in [-0.15, -0.1) is 0 Å². The molecule has 0 radical (unpaired) electrons. The van der Waals surface area contributed by atoms with Crippen LogP contribution in [0.25, 0.3) is 16.9 Å². The standard InChI is InChI=1S/C17H14ClFN4O/c1-9-4-5-10(7-11(9)18)16-15(17(24)21-13-8-12(13)19)22-14-3-2-6-20-23(14)16/h2-7,12-13H,8H2,1H3,(H,21,24). The van der Waals surface area contributed by atoms with E-state index >= 15 is 0 Å². The average molecular weight is 345 g/mol. The van der Waals surface area contributed by atoms with E-state index in [0.29, 0.717) is 22.8 Å². The fourth-order valence-electron chi connectivity index (χ4n) is 2.60. The van der Waals surface area contributed by atoms with Crippen LogP contribution in [0.5, 0.6) is 0 Å². The summed E-state index contributed by atoms with van der Waals surface area (Å²) in [4.78, 5) is 16.9. The minimum atomic E-state index is -0.971. The number of nitrogens with one attached hydrogen (secondary N) is 1. The van der Waals surface area contributed by atoms with E-state index in [4.69, 9.17) is 11.6 Å². The van der Waals surface area contributed by atoms with Crippen molar-refractivity contribution >= 4 is 23.2 Å². The second-order valence-electron chi connectivity index (χ2n) is 5.90. The van der Waals surface area contributed by atoms with Crippen molar-refractivity contribution in [2.75, 3.05) is 0 Å². The molecule has 4 rings (SSSR count). The molecular weight excluding hydrogens is 331 g/mol. The molecule has 2 heterocycles. The van der Waals surface area contributed by atoms with Gasteiger partial charge in [-0.1, -0.05) is 23.7 Å². The van der Waals surface area contributed by atoms with E-state index in [1.165, 1.54) is 0 Å². The Hall–Kier alpha value is -2.47. The van der Waals surface area contributed by atoms with Crippen LogP contribution in [0.1, 0.15) is 22.5 Å². The lowest BCUT2D eigenvalue weighted by atomic mass is 10.1. The van der Waals surface area contributed by atoms with Crippen molar-refractivity contribution in [3.63, 3.8) is 0 Å². The summed E-state index contributed by atoms with van der Waals surface area (Å²) in [6.45, 7) is 1.90. The highest BCUT2D eigenvalue weighted by molar-refractivity contribution is 6.31. The van der Waals surface area contributed by atoms with Gasteiger partial charge in [0.1, 0.15) is 11.9 Å².